The maximum Gasteiger partial charge on any atom is 0.262 e. The molecular weight excluding hydrogens is 352 g/mol. The summed E-state index contributed by atoms with van der Waals surface area (Å²) in [5, 5.41) is 3.38. The van der Waals surface area contributed by atoms with Crippen LogP contribution in [0.2, 0.25) is 0 Å². The van der Waals surface area contributed by atoms with Gasteiger partial charge in [-0.1, -0.05) is 18.2 Å². The molecule has 2 fully saturated rings. The molecule has 0 bridgehead atoms. The van der Waals surface area contributed by atoms with Crippen LogP contribution in [-0.4, -0.2) is 60.7 Å². The number of carbonyl (C=O) groups excluding carboxylic acids is 1. The van der Waals surface area contributed by atoms with Crippen LogP contribution in [0.3, 0.4) is 0 Å². The summed E-state index contributed by atoms with van der Waals surface area (Å²) in [7, 11) is 0. The van der Waals surface area contributed by atoms with Gasteiger partial charge in [-0.15, -0.1) is 0 Å². The number of rotatable bonds is 5. The molecule has 1 saturated carbocycles. The van der Waals surface area contributed by atoms with Gasteiger partial charge in [0.1, 0.15) is 5.82 Å². The average Bonchev–Trinajstić information content (AvgIpc) is 3.51. The van der Waals surface area contributed by atoms with Crippen LogP contribution in [0.4, 0.5) is 11.5 Å². The van der Waals surface area contributed by atoms with Crippen LogP contribution in [0.1, 0.15) is 28.8 Å². The number of nitrogens with zero attached hydrogens (tertiary/aromatic N) is 3. The highest BCUT2D eigenvalue weighted by Gasteiger charge is 2.33. The molecule has 1 amide bonds. The quantitative estimate of drug-likeness (QED) is 0.867. The van der Waals surface area contributed by atoms with Gasteiger partial charge in [-0.2, -0.15) is 0 Å². The number of hydrogen-bond acceptors (Lipinski definition) is 5. The summed E-state index contributed by atoms with van der Waals surface area (Å²) in [6.07, 6.45) is 5.40. The van der Waals surface area contributed by atoms with Gasteiger partial charge in [-0.25, -0.2) is 4.98 Å². The highest BCUT2D eigenvalue weighted by Crippen LogP contribution is 2.30. The lowest BCUT2D eigenvalue weighted by Gasteiger charge is -2.33. The molecule has 1 aliphatic carbocycles. The first kappa shape index (κ1) is 17.6. The molecule has 3 aliphatic rings. The van der Waals surface area contributed by atoms with Gasteiger partial charge in [-0.05, 0) is 43.0 Å². The van der Waals surface area contributed by atoms with Crippen LogP contribution in [0, 0.1) is 0 Å². The number of nitrogens with one attached hydrogen (secondary N) is 1. The number of anilines is 2. The number of hydrogen-bond donors (Lipinski definition) is 1. The summed E-state index contributed by atoms with van der Waals surface area (Å²) in [4.78, 5) is 22.1. The zero-order valence-corrected chi connectivity index (χ0v) is 16.0. The molecule has 0 radical (unpaired) electrons. The van der Waals surface area contributed by atoms with Crippen molar-refractivity contribution in [3.05, 3.63) is 53.7 Å². The molecule has 1 aromatic heterocycles. The van der Waals surface area contributed by atoms with Crippen molar-refractivity contribution in [2.75, 3.05) is 43.0 Å². The molecule has 1 N–H and O–H groups in total. The molecule has 2 aromatic rings. The van der Waals surface area contributed by atoms with Gasteiger partial charge in [0.05, 0.1) is 18.3 Å². The Morgan fingerprint density at radius 2 is 2.07 bits per heavy atom. The maximum atomic E-state index is 13.2. The van der Waals surface area contributed by atoms with E-state index in [0.717, 1.165) is 37.8 Å². The van der Waals surface area contributed by atoms with Gasteiger partial charge in [0, 0.05) is 44.1 Å². The van der Waals surface area contributed by atoms with Crippen molar-refractivity contribution < 1.29 is 9.53 Å². The summed E-state index contributed by atoms with van der Waals surface area (Å²) < 4.78 is 5.93. The van der Waals surface area contributed by atoms with E-state index in [4.69, 9.17) is 4.74 Å². The third kappa shape index (κ3) is 3.50. The Labute approximate surface area is 165 Å². The van der Waals surface area contributed by atoms with Crippen LogP contribution in [0.15, 0.2) is 42.6 Å². The first-order chi connectivity index (χ1) is 13.8. The maximum absolute atomic E-state index is 13.2. The number of pyridine rings is 1. The Bertz CT molecular complexity index is 867. The SMILES string of the molecule is O=C(c1cccnc1NCC1CN(C2CC2)CCO1)N1CCc2ccccc21. The van der Waals surface area contributed by atoms with Crippen LogP contribution >= 0.6 is 0 Å². The van der Waals surface area contributed by atoms with E-state index < -0.39 is 0 Å². The summed E-state index contributed by atoms with van der Waals surface area (Å²) >= 11 is 0. The molecule has 146 valence electrons. The zero-order valence-electron chi connectivity index (χ0n) is 16.0. The molecule has 5 rings (SSSR count). The molecule has 1 unspecified atom stereocenters. The van der Waals surface area contributed by atoms with Gasteiger partial charge >= 0.3 is 0 Å². The van der Waals surface area contributed by atoms with Gasteiger partial charge in [0.2, 0.25) is 0 Å². The van der Waals surface area contributed by atoms with Crippen molar-refractivity contribution in [2.24, 2.45) is 0 Å². The Morgan fingerprint density at radius 1 is 1.18 bits per heavy atom. The molecule has 0 spiro atoms. The van der Waals surface area contributed by atoms with Crippen molar-refractivity contribution in [1.82, 2.24) is 9.88 Å². The van der Waals surface area contributed by atoms with E-state index in [1.807, 2.05) is 35.2 Å². The van der Waals surface area contributed by atoms with E-state index in [0.29, 0.717) is 24.5 Å². The predicted molar refractivity (Wildman–Crippen MR) is 109 cm³/mol. The minimum Gasteiger partial charge on any atom is -0.374 e. The van der Waals surface area contributed by atoms with E-state index in [9.17, 15) is 4.79 Å². The second-order valence-electron chi connectivity index (χ2n) is 7.83. The fourth-order valence-electron chi connectivity index (χ4n) is 4.26. The highest BCUT2D eigenvalue weighted by molar-refractivity contribution is 6.10. The minimum atomic E-state index is 0.00437. The van der Waals surface area contributed by atoms with E-state index in [1.165, 1.54) is 18.4 Å². The molecule has 28 heavy (non-hydrogen) atoms. The van der Waals surface area contributed by atoms with E-state index >= 15 is 0 Å². The van der Waals surface area contributed by atoms with Crippen molar-refractivity contribution in [3.63, 3.8) is 0 Å². The molecule has 1 aromatic carbocycles. The third-order valence-corrected chi connectivity index (χ3v) is 5.90. The number of fused-ring (bicyclic) bond motifs is 1. The molecule has 2 aliphatic heterocycles. The smallest absolute Gasteiger partial charge is 0.262 e. The zero-order chi connectivity index (χ0) is 18.9. The van der Waals surface area contributed by atoms with Crippen LogP contribution in [0.25, 0.3) is 0 Å². The van der Waals surface area contributed by atoms with Crippen LogP contribution in [-0.2, 0) is 11.2 Å². The molecule has 1 atom stereocenters. The van der Waals surface area contributed by atoms with E-state index in [1.54, 1.807) is 6.20 Å². The lowest BCUT2D eigenvalue weighted by molar-refractivity contribution is -0.0241. The predicted octanol–water partition coefficient (Wildman–Crippen LogP) is 2.56. The standard InChI is InChI=1S/C22H26N4O2/c27-22(26-11-9-16-4-1-2-6-20(16)26)19-5-3-10-23-21(19)24-14-18-15-25(12-13-28-18)17-7-8-17/h1-6,10,17-18H,7-9,11-15H2,(H,23,24). The fraction of sp³-hybridized carbons (Fsp3) is 0.455. The second kappa shape index (κ2) is 7.53. The lowest BCUT2D eigenvalue weighted by atomic mass is 10.1. The van der Waals surface area contributed by atoms with Crippen LogP contribution < -0.4 is 10.2 Å². The molecule has 6 heteroatoms. The van der Waals surface area contributed by atoms with E-state index in [-0.39, 0.29) is 12.0 Å². The number of ether oxygens (including phenoxy) is 1. The minimum absolute atomic E-state index is 0.00437. The molecule has 1 saturated heterocycles. The van der Waals surface area contributed by atoms with Crippen molar-refractivity contribution in [1.29, 1.82) is 0 Å². The Kier molecular flexibility index (Phi) is 4.74. The molecular formula is C22H26N4O2. The summed E-state index contributed by atoms with van der Waals surface area (Å²) in [6, 6.07) is 12.6. The average molecular weight is 378 g/mol. The number of para-hydroxylation sites is 1. The van der Waals surface area contributed by atoms with Crippen molar-refractivity contribution in [2.45, 2.75) is 31.4 Å². The number of carbonyl (C=O) groups is 1. The first-order valence-corrected chi connectivity index (χ1v) is 10.2. The van der Waals surface area contributed by atoms with E-state index in [2.05, 4.69) is 21.3 Å². The van der Waals surface area contributed by atoms with Gasteiger partial charge < -0.3 is 15.0 Å². The molecule has 3 heterocycles. The Morgan fingerprint density at radius 3 is 2.96 bits per heavy atom. The Hall–Kier alpha value is -2.44. The normalized spacial score (nSPS) is 22.1. The first-order valence-electron chi connectivity index (χ1n) is 10.2. The summed E-state index contributed by atoms with van der Waals surface area (Å²) in [6.45, 7) is 4.14. The van der Waals surface area contributed by atoms with Crippen molar-refractivity contribution >= 4 is 17.4 Å². The highest BCUT2D eigenvalue weighted by atomic mass is 16.5. The van der Waals surface area contributed by atoms with Gasteiger partial charge in [-0.3, -0.25) is 9.69 Å². The number of aromatic nitrogens is 1. The summed E-state index contributed by atoms with van der Waals surface area (Å²) in [5.74, 6) is 0.647. The van der Waals surface area contributed by atoms with Crippen molar-refractivity contribution in [3.8, 4) is 0 Å². The summed E-state index contributed by atoms with van der Waals surface area (Å²) in [5.41, 5.74) is 2.86. The fourth-order valence-corrected chi connectivity index (χ4v) is 4.26. The lowest BCUT2D eigenvalue weighted by Crippen LogP contribution is -2.46. The molecule has 6 nitrogen and oxygen atoms in total. The number of amides is 1. The monoisotopic (exact) mass is 378 g/mol. The number of morpholine rings is 1. The van der Waals surface area contributed by atoms with Crippen LogP contribution in [0.5, 0.6) is 0 Å². The van der Waals surface area contributed by atoms with Gasteiger partial charge in [0.15, 0.2) is 0 Å². The Balaban J connectivity index is 1.29. The van der Waals surface area contributed by atoms with Gasteiger partial charge in [0.25, 0.3) is 5.91 Å². The topological polar surface area (TPSA) is 57.7 Å². The third-order valence-electron chi connectivity index (χ3n) is 5.90. The largest absolute Gasteiger partial charge is 0.374 e. The number of benzene rings is 1. The second-order valence-corrected chi connectivity index (χ2v) is 7.83.